The molecule has 0 aliphatic carbocycles. The quantitative estimate of drug-likeness (QED) is 0.0601. The van der Waals surface area contributed by atoms with E-state index in [1.54, 1.807) is 44.0 Å². The molecule has 5 heterocycles. The van der Waals surface area contributed by atoms with E-state index < -0.39 is 15.4 Å². The van der Waals surface area contributed by atoms with Gasteiger partial charge in [0, 0.05) is 99.0 Å². The number of oxime groups is 5. The maximum absolute atomic E-state index is 12.4. The molecule has 0 bridgehead atoms. The van der Waals surface area contributed by atoms with Gasteiger partial charge in [-0.1, -0.05) is 114 Å². The zero-order chi connectivity index (χ0) is 66.7. The monoisotopic (exact) mass is 1630 g/mol. The van der Waals surface area contributed by atoms with Crippen molar-refractivity contribution in [2.24, 2.45) is 43.0 Å². The van der Waals surface area contributed by atoms with Gasteiger partial charge in [-0.3, -0.25) is 5.41 Å². The van der Waals surface area contributed by atoms with Crippen LogP contribution in [0.15, 0.2) is 62.2 Å². The van der Waals surface area contributed by atoms with Crippen LogP contribution in [0, 0.1) is 5.41 Å². The summed E-state index contributed by atoms with van der Waals surface area (Å²) in [5, 5.41) is 31.3. The number of thioether (sulfide) groups is 2. The first-order valence-corrected chi connectivity index (χ1v) is 34.2. The number of amidine groups is 1. The summed E-state index contributed by atoms with van der Waals surface area (Å²) < 4.78 is 40.9. The van der Waals surface area contributed by atoms with Gasteiger partial charge in [-0.2, -0.15) is 0 Å². The highest BCUT2D eigenvalue weighted by atomic mass is 127. The molecule has 506 valence electrons. The largest absolute Gasteiger partial charge is 0.492 e. The second-order valence-electron chi connectivity index (χ2n) is 21.6. The minimum atomic E-state index is -3.61. The zero-order valence-corrected chi connectivity index (χ0v) is 64.9. The molecule has 0 saturated heterocycles. The van der Waals surface area contributed by atoms with Crippen molar-refractivity contribution in [1.29, 1.82) is 5.41 Å². The van der Waals surface area contributed by atoms with E-state index in [2.05, 4.69) is 71.2 Å². The van der Waals surface area contributed by atoms with Gasteiger partial charge in [0.2, 0.25) is 0 Å². The lowest BCUT2D eigenvalue weighted by molar-refractivity contribution is 0.0120. The van der Waals surface area contributed by atoms with Crippen LogP contribution in [0.4, 0.5) is 0 Å². The lowest BCUT2D eigenvalue weighted by atomic mass is 10.1. The minimum absolute atomic E-state index is 0. The Labute approximate surface area is 606 Å². The third-order valence-corrected chi connectivity index (χ3v) is 16.2. The number of aryl methyl sites for hydroxylation is 1. The summed E-state index contributed by atoms with van der Waals surface area (Å²) in [6.45, 7) is 28.7. The van der Waals surface area contributed by atoms with Gasteiger partial charge in [-0.25, -0.2) is 8.42 Å². The molecule has 8 rings (SSSR count). The van der Waals surface area contributed by atoms with Crippen LogP contribution in [0.1, 0.15) is 146 Å². The lowest BCUT2D eigenvalue weighted by Crippen LogP contribution is -2.23. The van der Waals surface area contributed by atoms with E-state index in [-0.39, 0.29) is 91.3 Å². The van der Waals surface area contributed by atoms with Crippen LogP contribution in [-0.2, 0) is 52.0 Å². The number of hydrogen-bond acceptors (Lipinski definition) is 19. The Bertz CT molecular complexity index is 3030. The second kappa shape index (κ2) is 42.3. The van der Waals surface area contributed by atoms with E-state index >= 15 is 0 Å². The molecule has 0 fully saturated rings. The van der Waals surface area contributed by atoms with E-state index in [4.69, 9.17) is 131 Å². The Morgan fingerprint density at radius 1 is 0.573 bits per heavy atom. The molecule has 0 unspecified atom stereocenters. The van der Waals surface area contributed by atoms with Crippen LogP contribution < -0.4 is 31.4 Å². The van der Waals surface area contributed by atoms with Gasteiger partial charge in [0.25, 0.3) is 0 Å². The summed E-state index contributed by atoms with van der Waals surface area (Å²) in [5.74, 6) is 2.14. The Morgan fingerprint density at radius 2 is 0.955 bits per heavy atom. The van der Waals surface area contributed by atoms with Gasteiger partial charge < -0.3 is 55.6 Å². The first kappa shape index (κ1) is 88.9. The van der Waals surface area contributed by atoms with Gasteiger partial charge in [0.05, 0.1) is 40.6 Å². The van der Waals surface area contributed by atoms with Crippen LogP contribution in [0.2, 0.25) is 30.1 Å². The molecular weight excluding hydrogens is 1560 g/mol. The lowest BCUT2D eigenvalue weighted by Gasteiger charge is -2.13. The number of nitrogens with zero attached hydrogens (tertiary/aromatic N) is 5. The van der Waals surface area contributed by atoms with E-state index in [1.807, 2.05) is 95.2 Å². The number of ether oxygens (including phenoxy) is 3. The van der Waals surface area contributed by atoms with E-state index in [0.29, 0.717) is 73.6 Å². The Morgan fingerprint density at radius 3 is 1.27 bits per heavy atom. The van der Waals surface area contributed by atoms with Crippen molar-refractivity contribution in [3.8, 4) is 17.2 Å². The van der Waals surface area contributed by atoms with E-state index in [1.165, 1.54) is 12.1 Å². The Kier molecular flexibility index (Phi) is 42.3. The van der Waals surface area contributed by atoms with Gasteiger partial charge in [0.1, 0.15) is 60.5 Å². The summed E-state index contributed by atoms with van der Waals surface area (Å²) in [6, 6.07) is 10.3. The van der Waals surface area contributed by atoms with Crippen molar-refractivity contribution in [1.82, 2.24) is 0 Å². The summed E-state index contributed by atoms with van der Waals surface area (Å²) in [5.41, 5.74) is 15.6. The number of nitrogens with two attached hydrogens (primary N) is 3. The molecule has 7 N–H and O–H groups in total. The number of rotatable bonds is 11. The Balaban J connectivity index is 0. The second-order valence-corrected chi connectivity index (χ2v) is 29.1. The molecule has 0 aromatic heterocycles. The van der Waals surface area contributed by atoms with Gasteiger partial charge in [-0.05, 0) is 155 Å². The van der Waals surface area contributed by atoms with Gasteiger partial charge >= 0.3 is 0 Å². The average molecular weight is 1640 g/mol. The van der Waals surface area contributed by atoms with Crippen molar-refractivity contribution in [3.63, 3.8) is 0 Å². The molecule has 0 atom stereocenters. The molecule has 0 saturated carbocycles. The molecule has 19 nitrogen and oxygen atoms in total. The highest BCUT2D eigenvalue weighted by Crippen LogP contribution is 2.37. The van der Waals surface area contributed by atoms with Crippen LogP contribution >= 0.6 is 175 Å². The number of benzene rings is 3. The topological polar surface area (TPSA) is 272 Å². The van der Waals surface area contributed by atoms with E-state index in [9.17, 15) is 8.42 Å². The fourth-order valence-corrected chi connectivity index (χ4v) is 12.1. The maximum atomic E-state index is 12.4. The van der Waals surface area contributed by atoms with Crippen molar-refractivity contribution in [2.45, 2.75) is 175 Å². The summed E-state index contributed by atoms with van der Waals surface area (Å²) >= 11 is 49.0. The highest BCUT2D eigenvalue weighted by Gasteiger charge is 2.37. The maximum Gasteiger partial charge on any atom is 0.199 e. The van der Waals surface area contributed by atoms with Crippen molar-refractivity contribution in [3.05, 3.63) is 83.2 Å². The third kappa shape index (κ3) is 35.8. The molecule has 3 aromatic carbocycles. The van der Waals surface area contributed by atoms with E-state index in [0.717, 1.165) is 70.1 Å². The average Bonchev–Trinajstić information content (AvgIpc) is 2.51. The molecule has 89 heavy (non-hydrogen) atoms. The summed E-state index contributed by atoms with van der Waals surface area (Å²) in [6.07, 6.45) is 6.13. The number of sulfone groups is 1. The van der Waals surface area contributed by atoms with Crippen LogP contribution in [-0.4, -0.2) is 93.0 Å². The Hall–Kier alpha value is -2.15. The molecule has 5 aliphatic rings. The molecule has 0 spiro atoms. The first-order chi connectivity index (χ1) is 40.3. The predicted molar refractivity (Wildman–Crippen MR) is 394 cm³/mol. The first-order valence-electron chi connectivity index (χ1n) is 26.5. The van der Waals surface area contributed by atoms with Crippen LogP contribution in [0.25, 0.3) is 0 Å². The fraction of sp³-hybridized carbons (Fsp3) is 0.545. The van der Waals surface area contributed by atoms with Crippen molar-refractivity contribution in [2.75, 3.05) is 19.8 Å². The number of hydrogen-bond donors (Lipinski definition) is 4. The smallest absolute Gasteiger partial charge is 0.199 e. The fourth-order valence-electron chi connectivity index (χ4n) is 6.75. The standard InChI is InChI=1S/C14H17Cl2NO4S.C14H17Cl2NO2S.C10H12Cl2O.C6H11N3OS.C5H8ClNO.C5H9NO.CH4N2S.Cl2.ClH.HI/c1-4-20-12-6-10(15)9(5-11(12)16)8-22(18,19)13-7-14(2,3)21-17-13;1-4-18-12-6-10(15)9(5-11(12)16)8-20-13-7-14(2,3)19-17-13;1-3-7-5-9(12)10(13-4-2)6-8(7)11;1-6(2)3-4(9-10-6)11-5(7)8;1-5(2)3-4(6)7-8-5;1-5(2)3-4-6-7-5;2-1(3)4;1-2;;/h5-6H,4,7-8H2,1-3H3;5-6H,4,7-8H2,1-3H3;5-6H,3-4H2,1-2H3;3H2,1-2H3,(H3,7,8);3H2,1-2H3;4H,3H2,1-2H3;(H4,2,3,4);;2*1H. The number of halogens is 11. The molecule has 3 aromatic rings. The predicted octanol–water partition coefficient (Wildman–Crippen LogP) is 18.6. The summed E-state index contributed by atoms with van der Waals surface area (Å²) in [4.78, 5) is 25.3. The van der Waals surface area contributed by atoms with Gasteiger partial charge in [0.15, 0.2) is 25.2 Å². The molecule has 0 radical (unpaired) electrons. The molecule has 0 amide bonds. The zero-order valence-electron chi connectivity index (χ0n) is 51.7. The van der Waals surface area contributed by atoms with Crippen molar-refractivity contribution < 1.29 is 46.8 Å². The number of thiocarbonyl (C=S) groups is 1. The van der Waals surface area contributed by atoms with Crippen LogP contribution in [0.3, 0.4) is 0 Å². The normalized spacial score (nSPS) is 16.5. The van der Waals surface area contributed by atoms with Crippen molar-refractivity contribution >= 4 is 222 Å². The minimum Gasteiger partial charge on any atom is -0.492 e. The summed E-state index contributed by atoms with van der Waals surface area (Å²) in [7, 11) is 4.61. The molecular formula is C55H80Cl10IN9O10S4. The number of nitrogens with one attached hydrogen (secondary N) is 1. The molecule has 34 heteroatoms. The SMILES string of the molecule is CC1(C)CC(Cl)=NO1.CC1(C)CC(SC(=N)N)=NO1.CC1(C)CC=NO1.CCOc1cc(Cl)c(CC)cc1Cl.CCOc1cc(Cl)c(CS(=O)(=O)C2=NOC(C)(C)C2)cc1Cl.CCOc1cc(Cl)c(CSC2=NOC(C)(C)C2)cc1Cl.Cl.ClCl.I.NC(N)=S. The van der Waals surface area contributed by atoms with Gasteiger partial charge in [-0.15, -0.1) is 48.1 Å². The molecule has 5 aliphatic heterocycles. The third-order valence-electron chi connectivity index (χ3n) is 10.7. The van der Waals surface area contributed by atoms with Crippen LogP contribution in [0.5, 0.6) is 17.2 Å². The highest BCUT2D eigenvalue weighted by molar-refractivity contribution is 14.0.